The van der Waals surface area contributed by atoms with Crippen molar-refractivity contribution in [3.05, 3.63) is 140 Å². The molecule has 0 saturated carbocycles. The van der Waals surface area contributed by atoms with Gasteiger partial charge in [-0.3, -0.25) is 14.3 Å². The van der Waals surface area contributed by atoms with Crippen molar-refractivity contribution in [1.29, 1.82) is 0 Å². The third kappa shape index (κ3) is 19.9. The highest BCUT2D eigenvalue weighted by molar-refractivity contribution is 7.44. The Bertz CT molecular complexity index is 2370. The van der Waals surface area contributed by atoms with Crippen molar-refractivity contribution < 1.29 is 32.8 Å². The van der Waals surface area contributed by atoms with Crippen molar-refractivity contribution >= 4 is 14.6 Å². The lowest BCUT2D eigenvalue weighted by Gasteiger charge is -2.39. The number of hydrogen-bond acceptors (Lipinski definition) is 10. The Kier molecular flexibility index (Phi) is 29.0. The molecular formula is C62H93N6O9P. The zero-order chi connectivity index (χ0) is 56.0. The van der Waals surface area contributed by atoms with Crippen molar-refractivity contribution in [2.45, 2.75) is 193 Å². The molecule has 1 aliphatic heterocycles. The van der Waals surface area contributed by atoms with Crippen molar-refractivity contribution in [3.8, 4) is 11.5 Å². The molecule has 78 heavy (non-hydrogen) atoms. The molecular weight excluding hydrogens is 1000 g/mol. The van der Waals surface area contributed by atoms with Crippen molar-refractivity contribution in [2.24, 2.45) is 5.92 Å². The predicted octanol–water partition coefficient (Wildman–Crippen LogP) is 13.5. The lowest BCUT2D eigenvalue weighted by molar-refractivity contribution is -0.0933. The molecule has 1 aliphatic rings. The van der Waals surface area contributed by atoms with E-state index in [4.69, 9.17) is 34.6 Å². The van der Waals surface area contributed by atoms with Gasteiger partial charge in [0.25, 0.3) is 14.1 Å². The highest BCUT2D eigenvalue weighted by Gasteiger charge is 2.50. The summed E-state index contributed by atoms with van der Waals surface area (Å²) in [6.45, 7) is 19.9. The van der Waals surface area contributed by atoms with Gasteiger partial charge in [0.15, 0.2) is 0 Å². The lowest BCUT2D eigenvalue weighted by Crippen LogP contribution is -2.41. The van der Waals surface area contributed by atoms with Gasteiger partial charge in [0.2, 0.25) is 6.54 Å². The Balaban J connectivity index is 1.31. The monoisotopic (exact) mass is 1100 g/mol. The fourth-order valence-electron chi connectivity index (χ4n) is 10.6. The van der Waals surface area contributed by atoms with Crippen LogP contribution in [-0.4, -0.2) is 91.6 Å². The highest BCUT2D eigenvalue weighted by atomic mass is 31.2. The third-order valence-corrected chi connectivity index (χ3v) is 16.8. The summed E-state index contributed by atoms with van der Waals surface area (Å²) >= 11 is 0. The normalized spacial score (nSPS) is 16.9. The Hall–Kier alpha value is -5.07. The summed E-state index contributed by atoms with van der Waals surface area (Å²) in [5.74, 6) is 0.994. The second-order valence-electron chi connectivity index (χ2n) is 21.1. The second kappa shape index (κ2) is 35.5. The molecule has 0 aliphatic carbocycles. The van der Waals surface area contributed by atoms with E-state index in [-0.39, 0.29) is 37.9 Å². The smallest absolute Gasteiger partial charge is 0.330 e. The molecule has 2 unspecified atom stereocenters. The van der Waals surface area contributed by atoms with Crippen molar-refractivity contribution in [2.75, 3.05) is 47.1 Å². The summed E-state index contributed by atoms with van der Waals surface area (Å²) < 4.78 is 43.3. The highest BCUT2D eigenvalue weighted by Crippen LogP contribution is 2.53. The molecule has 1 saturated heterocycles. The van der Waals surface area contributed by atoms with Gasteiger partial charge in [0, 0.05) is 43.4 Å². The van der Waals surface area contributed by atoms with E-state index in [9.17, 15) is 14.4 Å². The van der Waals surface area contributed by atoms with Crippen LogP contribution >= 0.6 is 8.53 Å². The molecule has 5 rings (SSSR count). The number of urea groups is 1. The van der Waals surface area contributed by atoms with Crippen LogP contribution in [0.2, 0.25) is 0 Å². The molecule has 16 heteroatoms. The topological polar surface area (TPSA) is 159 Å². The number of nitrogens with zero attached hydrogens (tertiary/aromatic N) is 3. The van der Waals surface area contributed by atoms with Crippen LogP contribution in [0.3, 0.4) is 0 Å². The molecule has 0 radical (unpaired) electrons. The summed E-state index contributed by atoms with van der Waals surface area (Å²) in [5.41, 5.74) is 0.282. The number of unbranched alkanes of at least 4 members (excludes halogenated alkanes) is 16. The van der Waals surface area contributed by atoms with E-state index in [0.717, 1.165) is 61.6 Å². The molecule has 0 bridgehead atoms. The number of carbonyl (C=O) groups is 1. The van der Waals surface area contributed by atoms with E-state index in [1.54, 1.807) is 14.2 Å². The maximum Gasteiger partial charge on any atom is 0.330 e. The number of aromatic nitrogens is 2. The molecule has 3 aromatic carbocycles. The number of rotatable bonds is 39. The first kappa shape index (κ1) is 63.8. The molecule has 1 aromatic heterocycles. The maximum atomic E-state index is 13.8. The number of benzene rings is 3. The molecule has 5 atom stereocenters. The molecule has 430 valence electrons. The number of hydrogen-bond donors (Lipinski definition) is 3. The van der Waals surface area contributed by atoms with Gasteiger partial charge >= 0.3 is 11.7 Å². The Morgan fingerprint density at radius 3 is 1.71 bits per heavy atom. The molecule has 0 spiro atoms. The van der Waals surface area contributed by atoms with Crippen LogP contribution in [0.5, 0.6) is 11.5 Å². The largest absolute Gasteiger partial charge is 0.497 e. The number of aromatic amines is 1. The van der Waals surface area contributed by atoms with Gasteiger partial charge in [-0.1, -0.05) is 164 Å². The van der Waals surface area contributed by atoms with Gasteiger partial charge in [0.1, 0.15) is 42.1 Å². The number of H-pyrrole nitrogens is 1. The molecule has 1 fully saturated rings. The zero-order valence-electron chi connectivity index (χ0n) is 48.1. The van der Waals surface area contributed by atoms with Gasteiger partial charge in [0.05, 0.1) is 20.8 Å². The van der Waals surface area contributed by atoms with Crippen LogP contribution in [0.15, 0.2) is 101 Å². The third-order valence-electron chi connectivity index (χ3n) is 14.7. The molecule has 2 heterocycles. The SMILES string of the molecule is [C-]#[N+]CCOP(OC1[C@@H](COC(c2ccccc2)(c2ccc(OC)cc2)c2ccc(OC)cc2)O[C@@H](n2ccc(=O)[nH]c2=O)[C@H]1CCCCCCCNC(=O)NCCCCCCCCCCCCCCC)N(C(C)C)C(C)C. The summed E-state index contributed by atoms with van der Waals surface area (Å²) in [6.07, 6.45) is 21.1. The van der Waals surface area contributed by atoms with Crippen molar-refractivity contribution in [1.82, 2.24) is 24.9 Å². The first-order chi connectivity index (χ1) is 38.0. The van der Waals surface area contributed by atoms with Gasteiger partial charge < -0.3 is 43.5 Å². The Labute approximate surface area is 467 Å². The summed E-state index contributed by atoms with van der Waals surface area (Å²) in [4.78, 5) is 44.9. The molecule has 15 nitrogen and oxygen atoms in total. The van der Waals surface area contributed by atoms with Crippen LogP contribution in [-0.2, 0) is 24.1 Å². The average Bonchev–Trinajstić information content (AvgIpc) is 3.96. The standard InChI is InChI=1S/C62H93N6O9P/c1-9-10-11-12-13-14-15-16-17-18-19-22-28-42-64-60(70)65-43-29-23-20-21-27-32-55-58(77-78(75-46-44-63-6)68(48(2)3)49(4)5)56(76-59(55)67-45-41-57(69)66-61(67)71)47-74-62(50-30-25-24-26-31-50,51-33-37-53(72-7)38-34-51)52-35-39-54(73-8)40-36-52/h24-26,30-31,33-41,45,48-49,55-56,58-59H,9-23,27-29,32,42-44,46-47H2,1-5,7-8H3,(H2,64,65,70)(H,66,69,71)/t55-,56+,58?,59+,78?/m0/s1. The van der Waals surface area contributed by atoms with Gasteiger partial charge in [-0.25, -0.2) is 20.8 Å². The van der Waals surface area contributed by atoms with E-state index >= 15 is 0 Å². The Morgan fingerprint density at radius 2 is 1.22 bits per heavy atom. The first-order valence-electron chi connectivity index (χ1n) is 29.2. The fraction of sp³-hybridized carbons (Fsp3) is 0.613. The van der Waals surface area contributed by atoms with Crippen LogP contribution in [0.4, 0.5) is 4.79 Å². The zero-order valence-corrected chi connectivity index (χ0v) is 49.0. The second-order valence-corrected chi connectivity index (χ2v) is 22.5. The van der Waals surface area contributed by atoms with Gasteiger partial charge in [-0.05, 0) is 87.9 Å². The number of amides is 2. The van der Waals surface area contributed by atoms with Crippen LogP contribution in [0, 0.1) is 12.5 Å². The molecule has 3 N–H and O–H groups in total. The minimum atomic E-state index is -1.77. The number of carbonyl (C=O) groups excluding carboxylic acids is 1. The van der Waals surface area contributed by atoms with Gasteiger partial charge in [-0.15, -0.1) is 0 Å². The van der Waals surface area contributed by atoms with Gasteiger partial charge in [-0.2, -0.15) is 0 Å². The van der Waals surface area contributed by atoms with E-state index in [0.29, 0.717) is 31.0 Å². The summed E-state index contributed by atoms with van der Waals surface area (Å²) in [6, 6.07) is 27.0. The lowest BCUT2D eigenvalue weighted by atomic mass is 9.80. The predicted molar refractivity (Wildman–Crippen MR) is 313 cm³/mol. The summed E-state index contributed by atoms with van der Waals surface area (Å²) in [5, 5.41) is 6.07. The molecule has 2 amide bonds. The average molecular weight is 1100 g/mol. The van der Waals surface area contributed by atoms with E-state index < -0.39 is 49.7 Å². The van der Waals surface area contributed by atoms with Crippen LogP contribution in [0.1, 0.15) is 180 Å². The van der Waals surface area contributed by atoms with Crippen LogP contribution < -0.4 is 31.4 Å². The van der Waals surface area contributed by atoms with E-state index in [1.165, 1.54) is 87.5 Å². The minimum Gasteiger partial charge on any atom is -0.497 e. The number of ether oxygens (including phenoxy) is 4. The number of nitrogens with one attached hydrogen (secondary N) is 3. The minimum absolute atomic E-state index is 0.0112. The van der Waals surface area contributed by atoms with Crippen LogP contribution in [0.25, 0.3) is 4.85 Å². The molecule has 4 aromatic rings. The van der Waals surface area contributed by atoms with Crippen molar-refractivity contribution in [3.63, 3.8) is 0 Å². The Morgan fingerprint density at radius 1 is 0.718 bits per heavy atom. The van der Waals surface area contributed by atoms with E-state index in [1.807, 2.05) is 78.9 Å². The quantitative estimate of drug-likeness (QED) is 0.0170. The fourth-order valence-corrected chi connectivity index (χ4v) is 12.4. The first-order valence-corrected chi connectivity index (χ1v) is 30.3. The summed E-state index contributed by atoms with van der Waals surface area (Å²) in [7, 11) is 1.51. The number of methoxy groups -OCH3 is 2. The maximum absolute atomic E-state index is 13.8. The van der Waals surface area contributed by atoms with E-state index in [2.05, 4.69) is 59.8 Å².